The normalized spacial score (nSPS) is 55.6. The average Bonchev–Trinajstić information content (AvgIpc) is 2.89. The van der Waals surface area contributed by atoms with Gasteiger partial charge in [0, 0.05) is 11.8 Å². The molecule has 4 saturated carbocycles. The van der Waals surface area contributed by atoms with E-state index in [0.717, 1.165) is 38.5 Å². The van der Waals surface area contributed by atoms with Gasteiger partial charge in [0.15, 0.2) is 0 Å². The fourth-order valence-electron chi connectivity index (χ4n) is 8.01. The Morgan fingerprint density at radius 1 is 1.04 bits per heavy atom. The van der Waals surface area contributed by atoms with Gasteiger partial charge in [0.05, 0.1) is 12.2 Å². The van der Waals surface area contributed by atoms with Crippen molar-refractivity contribution < 1.29 is 15.0 Å². The summed E-state index contributed by atoms with van der Waals surface area (Å²) in [5, 5.41) is 21.3. The van der Waals surface area contributed by atoms with E-state index in [4.69, 9.17) is 0 Å². The van der Waals surface area contributed by atoms with Crippen LogP contribution in [-0.4, -0.2) is 28.2 Å². The van der Waals surface area contributed by atoms with Crippen LogP contribution in [-0.2, 0) is 4.79 Å². The van der Waals surface area contributed by atoms with Crippen LogP contribution >= 0.6 is 0 Å². The third kappa shape index (κ3) is 2.34. The summed E-state index contributed by atoms with van der Waals surface area (Å²) in [7, 11) is 0. The highest BCUT2D eigenvalue weighted by molar-refractivity contribution is 5.87. The molecule has 0 heterocycles. The van der Waals surface area contributed by atoms with E-state index in [1.165, 1.54) is 0 Å². The maximum atomic E-state index is 13.4. The molecule has 4 aliphatic rings. The SMILES string of the molecule is CC(C)C1CCC2C3C(O)CC4CC(O)CCC4(C)C3CC(=O)C12C. The number of carbonyl (C=O) groups is 1. The van der Waals surface area contributed by atoms with Gasteiger partial charge in [-0.2, -0.15) is 0 Å². The molecule has 9 unspecified atom stereocenters. The van der Waals surface area contributed by atoms with Crippen molar-refractivity contribution in [3.63, 3.8) is 0 Å². The van der Waals surface area contributed by atoms with Gasteiger partial charge in [-0.05, 0) is 79.4 Å². The van der Waals surface area contributed by atoms with Crippen LogP contribution in [0.5, 0.6) is 0 Å². The molecule has 0 aromatic rings. The molecule has 0 saturated heterocycles. The van der Waals surface area contributed by atoms with Gasteiger partial charge < -0.3 is 10.2 Å². The Labute approximate surface area is 152 Å². The van der Waals surface area contributed by atoms with Crippen LogP contribution in [0.2, 0.25) is 0 Å². The van der Waals surface area contributed by atoms with Crippen LogP contribution in [0, 0.1) is 46.3 Å². The Kier molecular flexibility index (Phi) is 4.16. The van der Waals surface area contributed by atoms with Crippen LogP contribution in [0.1, 0.15) is 72.6 Å². The summed E-state index contributed by atoms with van der Waals surface area (Å²) in [6, 6.07) is 0. The summed E-state index contributed by atoms with van der Waals surface area (Å²) < 4.78 is 0. The van der Waals surface area contributed by atoms with Gasteiger partial charge in [-0.25, -0.2) is 0 Å². The number of carbonyl (C=O) groups excluding carboxylic acids is 1. The van der Waals surface area contributed by atoms with Crippen molar-refractivity contribution in [3.05, 3.63) is 0 Å². The summed E-state index contributed by atoms with van der Waals surface area (Å²) in [4.78, 5) is 13.4. The Morgan fingerprint density at radius 3 is 2.44 bits per heavy atom. The van der Waals surface area contributed by atoms with Crippen LogP contribution in [0.25, 0.3) is 0 Å². The van der Waals surface area contributed by atoms with Gasteiger partial charge in [0.25, 0.3) is 0 Å². The van der Waals surface area contributed by atoms with Gasteiger partial charge in [0.2, 0.25) is 0 Å². The lowest BCUT2D eigenvalue weighted by Gasteiger charge is -2.61. The van der Waals surface area contributed by atoms with Gasteiger partial charge in [0.1, 0.15) is 5.78 Å². The topological polar surface area (TPSA) is 57.5 Å². The van der Waals surface area contributed by atoms with Crippen LogP contribution in [0.4, 0.5) is 0 Å². The van der Waals surface area contributed by atoms with Gasteiger partial charge in [-0.3, -0.25) is 4.79 Å². The van der Waals surface area contributed by atoms with E-state index >= 15 is 0 Å². The van der Waals surface area contributed by atoms with E-state index in [2.05, 4.69) is 27.7 Å². The van der Waals surface area contributed by atoms with Crippen LogP contribution in [0.3, 0.4) is 0 Å². The summed E-state index contributed by atoms with van der Waals surface area (Å²) in [6.07, 6.45) is 5.88. The van der Waals surface area contributed by atoms with E-state index < -0.39 is 0 Å². The second-order valence-electron chi connectivity index (χ2n) is 10.6. The second-order valence-corrected chi connectivity index (χ2v) is 10.6. The lowest BCUT2D eigenvalue weighted by molar-refractivity contribution is -0.181. The summed E-state index contributed by atoms with van der Waals surface area (Å²) in [5.74, 6) is 2.78. The molecule has 0 spiro atoms. The molecule has 142 valence electrons. The number of Topliss-reactive ketones (excluding diaryl/α,β-unsaturated/α-hetero) is 1. The molecule has 3 heteroatoms. The highest BCUT2D eigenvalue weighted by Gasteiger charge is 2.65. The molecular weight excluding hydrogens is 312 g/mol. The molecular formula is C22H36O3. The minimum Gasteiger partial charge on any atom is -0.393 e. The molecule has 0 bridgehead atoms. The first-order chi connectivity index (χ1) is 11.7. The highest BCUT2D eigenvalue weighted by Crippen LogP contribution is 2.67. The van der Waals surface area contributed by atoms with E-state index in [9.17, 15) is 15.0 Å². The molecule has 4 aliphatic carbocycles. The highest BCUT2D eigenvalue weighted by atomic mass is 16.3. The zero-order chi connectivity index (χ0) is 18.1. The van der Waals surface area contributed by atoms with Gasteiger partial charge in [-0.15, -0.1) is 0 Å². The standard InChI is InChI=1S/C22H36O3/c1-12(2)15-5-6-16-20-17(11-19(25)22(15,16)4)21(3)8-7-14(23)9-13(21)10-18(20)24/h12-18,20,23-24H,5-11H2,1-4H3. The van der Waals surface area contributed by atoms with Crippen molar-refractivity contribution in [2.24, 2.45) is 46.3 Å². The predicted octanol–water partition coefficient (Wildman–Crippen LogP) is 3.81. The molecule has 2 N–H and O–H groups in total. The average molecular weight is 349 g/mol. The largest absolute Gasteiger partial charge is 0.393 e. The second kappa shape index (κ2) is 5.79. The first-order valence-corrected chi connectivity index (χ1v) is 10.6. The van der Waals surface area contributed by atoms with Crippen molar-refractivity contribution in [2.75, 3.05) is 0 Å². The first-order valence-electron chi connectivity index (χ1n) is 10.6. The Hall–Kier alpha value is -0.410. The van der Waals surface area contributed by atoms with Crippen molar-refractivity contribution in [3.8, 4) is 0 Å². The molecule has 0 aromatic heterocycles. The number of fused-ring (bicyclic) bond motifs is 5. The Bertz CT molecular complexity index is 557. The van der Waals surface area contributed by atoms with E-state index in [0.29, 0.717) is 41.8 Å². The summed E-state index contributed by atoms with van der Waals surface area (Å²) in [5.41, 5.74) is -0.107. The monoisotopic (exact) mass is 348 g/mol. The lowest BCUT2D eigenvalue weighted by atomic mass is 9.43. The van der Waals surface area contributed by atoms with Gasteiger partial charge in [-0.1, -0.05) is 27.7 Å². The maximum Gasteiger partial charge on any atom is 0.139 e. The number of rotatable bonds is 1. The van der Waals surface area contributed by atoms with Crippen LogP contribution in [0.15, 0.2) is 0 Å². The molecule has 25 heavy (non-hydrogen) atoms. The lowest BCUT2D eigenvalue weighted by Crippen LogP contribution is -2.61. The van der Waals surface area contributed by atoms with E-state index in [1.807, 2.05) is 0 Å². The minimum absolute atomic E-state index is 0.121. The third-order valence-corrected chi connectivity index (χ3v) is 9.39. The smallest absolute Gasteiger partial charge is 0.139 e. The minimum atomic E-state index is -0.295. The fraction of sp³-hybridized carbons (Fsp3) is 0.955. The van der Waals surface area contributed by atoms with E-state index in [-0.39, 0.29) is 29.0 Å². The van der Waals surface area contributed by atoms with Gasteiger partial charge >= 0.3 is 0 Å². The molecule has 0 radical (unpaired) electrons. The zero-order valence-corrected chi connectivity index (χ0v) is 16.4. The molecule has 0 amide bonds. The molecule has 4 fully saturated rings. The first kappa shape index (κ1) is 18.0. The predicted molar refractivity (Wildman–Crippen MR) is 97.8 cm³/mol. The van der Waals surface area contributed by atoms with Crippen molar-refractivity contribution in [1.82, 2.24) is 0 Å². The Morgan fingerprint density at radius 2 is 1.76 bits per heavy atom. The molecule has 9 atom stereocenters. The van der Waals surface area contributed by atoms with Crippen molar-refractivity contribution in [2.45, 2.75) is 84.8 Å². The number of ketones is 1. The van der Waals surface area contributed by atoms with Crippen molar-refractivity contribution in [1.29, 1.82) is 0 Å². The molecule has 3 nitrogen and oxygen atoms in total. The third-order valence-electron chi connectivity index (χ3n) is 9.39. The molecule has 0 aliphatic heterocycles. The van der Waals surface area contributed by atoms with Crippen molar-refractivity contribution >= 4 is 5.78 Å². The number of hydrogen-bond acceptors (Lipinski definition) is 3. The number of hydrogen-bond donors (Lipinski definition) is 2. The summed E-state index contributed by atoms with van der Waals surface area (Å²) in [6.45, 7) is 9.10. The molecule has 4 rings (SSSR count). The molecule has 0 aromatic carbocycles. The fourth-order valence-corrected chi connectivity index (χ4v) is 8.01. The quantitative estimate of drug-likeness (QED) is 0.757. The summed E-state index contributed by atoms with van der Waals surface area (Å²) >= 11 is 0. The maximum absolute atomic E-state index is 13.4. The van der Waals surface area contributed by atoms with Crippen LogP contribution < -0.4 is 0 Å². The zero-order valence-electron chi connectivity index (χ0n) is 16.4. The number of aliphatic hydroxyl groups is 2. The number of aliphatic hydroxyl groups excluding tert-OH is 2. The Balaban J connectivity index is 1.71. The van der Waals surface area contributed by atoms with E-state index in [1.54, 1.807) is 0 Å².